The minimum Gasteiger partial charge on any atom is -0.106 e. The minimum absolute atomic E-state index is 1.14. The molecular formula is C14H13Br. The highest BCUT2D eigenvalue weighted by Gasteiger charge is 1.99. The van der Waals surface area contributed by atoms with Crippen molar-refractivity contribution in [2.45, 2.75) is 0 Å². The zero-order valence-electron chi connectivity index (χ0n) is 8.49. The van der Waals surface area contributed by atoms with E-state index in [9.17, 15) is 0 Å². The van der Waals surface area contributed by atoms with Crippen molar-refractivity contribution >= 4 is 15.9 Å². The molecule has 0 saturated heterocycles. The Bertz CT molecular complexity index is 407. The van der Waals surface area contributed by atoms with E-state index >= 15 is 0 Å². The summed E-state index contributed by atoms with van der Waals surface area (Å²) in [5, 5.41) is 0. The van der Waals surface area contributed by atoms with Crippen LogP contribution in [0.4, 0.5) is 0 Å². The van der Waals surface area contributed by atoms with Crippen LogP contribution in [0.5, 0.6) is 0 Å². The van der Waals surface area contributed by atoms with Crippen molar-refractivity contribution in [3.63, 3.8) is 0 Å². The van der Waals surface area contributed by atoms with Gasteiger partial charge in [-0.25, -0.2) is 0 Å². The fourth-order valence-electron chi connectivity index (χ4n) is 1.31. The first-order valence-corrected chi connectivity index (χ1v) is 5.47. The van der Waals surface area contributed by atoms with E-state index in [4.69, 9.17) is 0 Å². The molecule has 0 amide bonds. The summed E-state index contributed by atoms with van der Waals surface area (Å²) in [7, 11) is 0. The topological polar surface area (TPSA) is 0 Å². The molecule has 0 N–H and O–H groups in total. The van der Waals surface area contributed by atoms with E-state index in [1.165, 1.54) is 11.1 Å². The van der Waals surface area contributed by atoms with E-state index in [1.807, 2.05) is 18.2 Å². The second kappa shape index (κ2) is 6.20. The van der Waals surface area contributed by atoms with Crippen LogP contribution in [0.2, 0.25) is 0 Å². The van der Waals surface area contributed by atoms with Gasteiger partial charge in [0.1, 0.15) is 0 Å². The van der Waals surface area contributed by atoms with E-state index in [1.54, 1.807) is 0 Å². The molecule has 0 aromatic heterocycles. The van der Waals surface area contributed by atoms with Crippen molar-refractivity contribution in [3.05, 3.63) is 72.2 Å². The highest BCUT2D eigenvalue weighted by atomic mass is 79.9. The molecule has 0 fully saturated rings. The number of benzene rings is 2. The van der Waals surface area contributed by atoms with Gasteiger partial charge in [0.05, 0.1) is 0 Å². The van der Waals surface area contributed by atoms with E-state index in [0.717, 1.165) is 4.47 Å². The summed E-state index contributed by atoms with van der Waals surface area (Å²) >= 11 is 3.53. The zero-order chi connectivity index (χ0) is 11.1. The third-order valence-electron chi connectivity index (χ3n) is 1.96. The molecule has 0 nitrogen and oxygen atoms in total. The Hall–Kier alpha value is -1.34. The van der Waals surface area contributed by atoms with Gasteiger partial charge in [-0.05, 0) is 17.2 Å². The molecule has 0 atom stereocenters. The van der Waals surface area contributed by atoms with E-state index in [2.05, 4.69) is 65.5 Å². The molecule has 0 saturated carbocycles. The normalized spacial score (nSPS) is 8.87. The molecule has 0 bridgehead atoms. The van der Waals surface area contributed by atoms with Crippen LogP contribution in [0.25, 0.3) is 11.1 Å². The van der Waals surface area contributed by atoms with Gasteiger partial charge in [-0.15, -0.1) is 13.2 Å². The third-order valence-corrected chi connectivity index (χ3v) is 2.65. The molecule has 0 aliphatic heterocycles. The maximum Gasteiger partial charge on any atom is 0.0253 e. The van der Waals surface area contributed by atoms with Crippen LogP contribution in [0, 0.1) is 0 Å². The largest absolute Gasteiger partial charge is 0.106 e. The molecule has 0 aliphatic rings. The standard InChI is InChI=1S/C12H9Br.C2H4/c13-12-9-5-4-8-11(12)10-6-2-1-3-7-10;1-2/h1-9H;1-2H2. The Kier molecular flexibility index (Phi) is 4.85. The fourth-order valence-corrected chi connectivity index (χ4v) is 1.83. The second-order valence-electron chi connectivity index (χ2n) is 2.85. The Morgan fingerprint density at radius 2 is 1.27 bits per heavy atom. The first-order chi connectivity index (χ1) is 7.38. The van der Waals surface area contributed by atoms with Gasteiger partial charge in [0, 0.05) is 4.47 Å². The molecule has 1 heteroatoms. The number of halogens is 1. The van der Waals surface area contributed by atoms with E-state index in [-0.39, 0.29) is 0 Å². The highest BCUT2D eigenvalue weighted by molar-refractivity contribution is 9.10. The maximum absolute atomic E-state index is 3.53. The molecule has 2 aromatic carbocycles. The monoisotopic (exact) mass is 260 g/mol. The molecule has 0 radical (unpaired) electrons. The third kappa shape index (κ3) is 3.07. The molecular weight excluding hydrogens is 248 g/mol. The maximum atomic E-state index is 3.53. The lowest BCUT2D eigenvalue weighted by atomic mass is 10.1. The van der Waals surface area contributed by atoms with Gasteiger partial charge in [0.25, 0.3) is 0 Å². The smallest absolute Gasteiger partial charge is 0.0253 e. The zero-order valence-corrected chi connectivity index (χ0v) is 10.1. The van der Waals surface area contributed by atoms with Crippen molar-refractivity contribution in [2.75, 3.05) is 0 Å². The van der Waals surface area contributed by atoms with Crippen LogP contribution in [-0.4, -0.2) is 0 Å². The number of hydrogen-bond donors (Lipinski definition) is 0. The lowest BCUT2D eigenvalue weighted by molar-refractivity contribution is 1.58. The fraction of sp³-hybridized carbons (Fsp3) is 0. The molecule has 2 aromatic rings. The molecule has 0 unspecified atom stereocenters. The van der Waals surface area contributed by atoms with Crippen molar-refractivity contribution < 1.29 is 0 Å². The summed E-state index contributed by atoms with van der Waals surface area (Å²) in [4.78, 5) is 0. The second-order valence-corrected chi connectivity index (χ2v) is 3.70. The molecule has 0 aliphatic carbocycles. The van der Waals surface area contributed by atoms with Gasteiger partial charge in [-0.3, -0.25) is 0 Å². The minimum atomic E-state index is 1.14. The van der Waals surface area contributed by atoms with Gasteiger partial charge in [0.15, 0.2) is 0 Å². The Morgan fingerprint density at radius 3 is 1.87 bits per heavy atom. The Balaban J connectivity index is 0.000000531. The van der Waals surface area contributed by atoms with Crippen LogP contribution in [0.3, 0.4) is 0 Å². The van der Waals surface area contributed by atoms with Gasteiger partial charge < -0.3 is 0 Å². The van der Waals surface area contributed by atoms with Gasteiger partial charge in [-0.1, -0.05) is 64.5 Å². The quantitative estimate of drug-likeness (QED) is 0.639. The molecule has 15 heavy (non-hydrogen) atoms. The molecule has 0 spiro atoms. The van der Waals surface area contributed by atoms with Gasteiger partial charge in [-0.2, -0.15) is 0 Å². The van der Waals surface area contributed by atoms with Crippen molar-refractivity contribution in [3.8, 4) is 11.1 Å². The summed E-state index contributed by atoms with van der Waals surface area (Å²) in [6, 6.07) is 18.6. The molecule has 76 valence electrons. The predicted molar refractivity (Wildman–Crippen MR) is 70.8 cm³/mol. The lowest BCUT2D eigenvalue weighted by Gasteiger charge is -2.02. The van der Waals surface area contributed by atoms with Crippen molar-refractivity contribution in [1.29, 1.82) is 0 Å². The van der Waals surface area contributed by atoms with Gasteiger partial charge in [0.2, 0.25) is 0 Å². The summed E-state index contributed by atoms with van der Waals surface area (Å²) in [5.74, 6) is 0. The van der Waals surface area contributed by atoms with E-state index in [0.29, 0.717) is 0 Å². The Labute approximate surface area is 99.4 Å². The van der Waals surface area contributed by atoms with Crippen LogP contribution < -0.4 is 0 Å². The summed E-state index contributed by atoms with van der Waals surface area (Å²) in [6.07, 6.45) is 0. The summed E-state index contributed by atoms with van der Waals surface area (Å²) in [6.45, 7) is 6.00. The highest BCUT2D eigenvalue weighted by Crippen LogP contribution is 2.27. The lowest BCUT2D eigenvalue weighted by Crippen LogP contribution is -1.77. The SMILES string of the molecule is Brc1ccccc1-c1ccccc1.C=C. The van der Waals surface area contributed by atoms with Crippen molar-refractivity contribution in [2.24, 2.45) is 0 Å². The average Bonchev–Trinajstić information content (AvgIpc) is 2.33. The summed E-state index contributed by atoms with van der Waals surface area (Å²) in [5.41, 5.74) is 2.48. The van der Waals surface area contributed by atoms with Crippen LogP contribution in [0.15, 0.2) is 72.2 Å². The van der Waals surface area contributed by atoms with Crippen molar-refractivity contribution in [1.82, 2.24) is 0 Å². The Morgan fingerprint density at radius 1 is 0.733 bits per heavy atom. The number of hydrogen-bond acceptors (Lipinski definition) is 0. The van der Waals surface area contributed by atoms with Crippen LogP contribution in [0.1, 0.15) is 0 Å². The van der Waals surface area contributed by atoms with Crippen LogP contribution >= 0.6 is 15.9 Å². The molecule has 2 rings (SSSR count). The predicted octanol–water partition coefficient (Wildman–Crippen LogP) is 4.92. The van der Waals surface area contributed by atoms with Gasteiger partial charge >= 0.3 is 0 Å². The van der Waals surface area contributed by atoms with E-state index < -0.39 is 0 Å². The first kappa shape index (κ1) is 11.7. The van der Waals surface area contributed by atoms with Crippen LogP contribution in [-0.2, 0) is 0 Å². The summed E-state index contributed by atoms with van der Waals surface area (Å²) < 4.78 is 1.14. The average molecular weight is 261 g/mol. The number of rotatable bonds is 1. The molecule has 0 heterocycles. The first-order valence-electron chi connectivity index (χ1n) is 4.68.